The summed E-state index contributed by atoms with van der Waals surface area (Å²) in [6.45, 7) is 5.13. The summed E-state index contributed by atoms with van der Waals surface area (Å²) in [6.07, 6.45) is 1.52. The van der Waals surface area contributed by atoms with Gasteiger partial charge in [-0.2, -0.15) is 0 Å². The Kier molecular flexibility index (Phi) is 8.68. The van der Waals surface area contributed by atoms with Crippen molar-refractivity contribution in [1.29, 1.82) is 0 Å². The molecule has 0 aromatic heterocycles. The Labute approximate surface area is 178 Å². The van der Waals surface area contributed by atoms with Crippen LogP contribution in [0.4, 0.5) is 11.4 Å². The summed E-state index contributed by atoms with van der Waals surface area (Å²) in [4.78, 5) is 25.2. The monoisotopic (exact) mass is 412 g/mol. The van der Waals surface area contributed by atoms with Gasteiger partial charge in [0.2, 0.25) is 5.91 Å². The van der Waals surface area contributed by atoms with Crippen LogP contribution in [0.25, 0.3) is 0 Å². The van der Waals surface area contributed by atoms with Crippen LogP contribution in [0, 0.1) is 6.92 Å². The second-order valence-corrected chi connectivity index (χ2v) is 7.35. The molecule has 0 aliphatic heterocycles. The summed E-state index contributed by atoms with van der Waals surface area (Å²) in [6, 6.07) is 13.5. The fourth-order valence-electron chi connectivity index (χ4n) is 3.42. The minimum Gasteiger partial charge on any atom is -0.466 e. The van der Waals surface area contributed by atoms with Crippen molar-refractivity contribution in [1.82, 2.24) is 4.90 Å². The van der Waals surface area contributed by atoms with Gasteiger partial charge >= 0.3 is 0 Å². The summed E-state index contributed by atoms with van der Waals surface area (Å²) in [5, 5.41) is 1.60. The SMILES string of the molecule is CCN(N)c1ccc(CCC(=O)N(C)C(COC=O)Cc2ccccc2)c(C)c1N. The van der Waals surface area contributed by atoms with Crippen molar-refractivity contribution in [3.8, 4) is 0 Å². The molecule has 1 atom stereocenters. The van der Waals surface area contributed by atoms with Crippen molar-refractivity contribution >= 4 is 23.8 Å². The first-order valence-corrected chi connectivity index (χ1v) is 10.1. The maximum absolute atomic E-state index is 12.9. The molecule has 7 nitrogen and oxygen atoms in total. The highest BCUT2D eigenvalue weighted by molar-refractivity contribution is 5.77. The van der Waals surface area contributed by atoms with Crippen molar-refractivity contribution in [2.75, 3.05) is 30.9 Å². The maximum atomic E-state index is 12.9. The number of benzene rings is 2. The smallest absolute Gasteiger partial charge is 0.293 e. The van der Waals surface area contributed by atoms with Gasteiger partial charge in [0.1, 0.15) is 6.61 Å². The predicted octanol–water partition coefficient (Wildman–Crippen LogP) is 2.45. The number of amides is 1. The standard InChI is InChI=1S/C23H32N4O3/c1-4-27(25)21-12-10-19(17(2)23(21)24)11-13-22(29)26(3)20(15-30-16-28)14-18-8-6-5-7-9-18/h5-10,12,16,20H,4,11,13-15,24-25H2,1-3H3. The van der Waals surface area contributed by atoms with Crippen LogP contribution < -0.4 is 16.6 Å². The largest absolute Gasteiger partial charge is 0.466 e. The number of anilines is 2. The van der Waals surface area contributed by atoms with Gasteiger partial charge in [0.05, 0.1) is 17.4 Å². The number of rotatable bonds is 11. The molecule has 162 valence electrons. The van der Waals surface area contributed by atoms with E-state index in [1.807, 2.05) is 56.3 Å². The number of hydrogen-bond donors (Lipinski definition) is 2. The van der Waals surface area contributed by atoms with Gasteiger partial charge in [-0.15, -0.1) is 0 Å². The predicted molar refractivity (Wildman–Crippen MR) is 120 cm³/mol. The van der Waals surface area contributed by atoms with Gasteiger partial charge in [-0.05, 0) is 49.4 Å². The quantitative estimate of drug-likeness (QED) is 0.254. The average Bonchev–Trinajstić information content (AvgIpc) is 2.77. The highest BCUT2D eigenvalue weighted by Gasteiger charge is 2.21. The lowest BCUT2D eigenvalue weighted by Gasteiger charge is -2.28. The van der Waals surface area contributed by atoms with Gasteiger partial charge in [0.25, 0.3) is 6.47 Å². The molecule has 0 heterocycles. The van der Waals surface area contributed by atoms with E-state index in [0.717, 1.165) is 22.4 Å². The molecule has 0 saturated heterocycles. The lowest BCUT2D eigenvalue weighted by atomic mass is 10.00. The Morgan fingerprint density at radius 1 is 1.20 bits per heavy atom. The zero-order chi connectivity index (χ0) is 22.1. The number of hydrazine groups is 1. The molecule has 0 radical (unpaired) electrons. The van der Waals surface area contributed by atoms with Crippen molar-refractivity contribution in [2.45, 2.75) is 39.2 Å². The second-order valence-electron chi connectivity index (χ2n) is 7.35. The highest BCUT2D eigenvalue weighted by Crippen LogP contribution is 2.28. The van der Waals surface area contributed by atoms with E-state index in [2.05, 4.69) is 0 Å². The lowest BCUT2D eigenvalue weighted by molar-refractivity contribution is -0.137. The normalized spacial score (nSPS) is 11.6. The molecule has 7 heteroatoms. The van der Waals surface area contributed by atoms with Gasteiger partial charge in [-0.3, -0.25) is 9.59 Å². The first-order chi connectivity index (χ1) is 14.4. The van der Waals surface area contributed by atoms with Crippen LogP contribution in [0.3, 0.4) is 0 Å². The van der Waals surface area contributed by atoms with E-state index >= 15 is 0 Å². The van der Waals surface area contributed by atoms with Gasteiger partial charge in [0.15, 0.2) is 0 Å². The molecule has 1 amide bonds. The molecule has 0 saturated carbocycles. The first kappa shape index (κ1) is 23.2. The van der Waals surface area contributed by atoms with Crippen molar-refractivity contribution < 1.29 is 14.3 Å². The van der Waals surface area contributed by atoms with Crippen LogP contribution in [-0.2, 0) is 27.2 Å². The Hall–Kier alpha value is -3.06. The maximum Gasteiger partial charge on any atom is 0.293 e. The summed E-state index contributed by atoms with van der Waals surface area (Å²) < 4.78 is 4.98. The van der Waals surface area contributed by atoms with Crippen LogP contribution in [0.15, 0.2) is 42.5 Å². The molecule has 1 unspecified atom stereocenters. The Morgan fingerprint density at radius 2 is 1.90 bits per heavy atom. The van der Waals surface area contributed by atoms with Crippen molar-refractivity contribution in [2.24, 2.45) is 5.84 Å². The molecule has 0 fully saturated rings. The van der Waals surface area contributed by atoms with E-state index in [1.54, 1.807) is 17.0 Å². The van der Waals surface area contributed by atoms with Crippen LogP contribution in [0.2, 0.25) is 0 Å². The number of aryl methyl sites for hydroxylation is 1. The number of hydrogen-bond acceptors (Lipinski definition) is 6. The van der Waals surface area contributed by atoms with Crippen LogP contribution >= 0.6 is 0 Å². The van der Waals surface area contributed by atoms with E-state index in [0.29, 0.717) is 38.0 Å². The first-order valence-electron chi connectivity index (χ1n) is 10.1. The molecule has 0 bridgehead atoms. The molecular formula is C23H32N4O3. The molecule has 2 rings (SSSR count). The van der Waals surface area contributed by atoms with E-state index in [-0.39, 0.29) is 18.6 Å². The summed E-state index contributed by atoms with van der Waals surface area (Å²) in [7, 11) is 1.75. The van der Waals surface area contributed by atoms with Crippen LogP contribution in [0.1, 0.15) is 30.0 Å². The minimum absolute atomic E-state index is 0.0125. The Balaban J connectivity index is 2.05. The third-order valence-electron chi connectivity index (χ3n) is 5.47. The van der Waals surface area contributed by atoms with Crippen LogP contribution in [0.5, 0.6) is 0 Å². The number of likely N-dealkylation sites (N-methyl/N-ethyl adjacent to an activating group) is 1. The second kappa shape index (κ2) is 11.2. The highest BCUT2D eigenvalue weighted by atomic mass is 16.5. The van der Waals surface area contributed by atoms with E-state index < -0.39 is 0 Å². The molecule has 30 heavy (non-hydrogen) atoms. The van der Waals surface area contributed by atoms with Crippen molar-refractivity contribution in [3.05, 3.63) is 59.2 Å². The fourth-order valence-corrected chi connectivity index (χ4v) is 3.42. The summed E-state index contributed by atoms with van der Waals surface area (Å²) in [5.41, 5.74) is 10.7. The molecule has 0 spiro atoms. The minimum atomic E-state index is -0.228. The molecule has 2 aromatic carbocycles. The van der Waals surface area contributed by atoms with E-state index in [1.165, 1.54) is 0 Å². The zero-order valence-electron chi connectivity index (χ0n) is 18.0. The molecule has 0 aliphatic rings. The van der Waals surface area contributed by atoms with E-state index in [9.17, 15) is 9.59 Å². The number of nitrogen functional groups attached to an aromatic ring is 1. The third-order valence-corrected chi connectivity index (χ3v) is 5.47. The van der Waals surface area contributed by atoms with Gasteiger partial charge < -0.3 is 20.4 Å². The van der Waals surface area contributed by atoms with Gasteiger partial charge in [-0.25, -0.2) is 5.84 Å². The lowest BCUT2D eigenvalue weighted by Crippen LogP contribution is -2.41. The fraction of sp³-hybridized carbons (Fsp3) is 0.391. The third kappa shape index (κ3) is 5.97. The number of ether oxygens (including phenoxy) is 1. The summed E-state index contributed by atoms with van der Waals surface area (Å²) >= 11 is 0. The Morgan fingerprint density at radius 3 is 2.53 bits per heavy atom. The zero-order valence-corrected chi connectivity index (χ0v) is 18.0. The number of carbonyl (C=O) groups excluding carboxylic acids is 2. The molecule has 2 aromatic rings. The molecule has 4 N–H and O–H groups in total. The molecule has 0 aliphatic carbocycles. The topological polar surface area (TPSA) is 102 Å². The van der Waals surface area contributed by atoms with E-state index in [4.69, 9.17) is 16.3 Å². The van der Waals surface area contributed by atoms with Crippen LogP contribution in [-0.4, -0.2) is 43.5 Å². The molecular weight excluding hydrogens is 380 g/mol. The van der Waals surface area contributed by atoms with Crippen molar-refractivity contribution in [3.63, 3.8) is 0 Å². The number of nitrogens with zero attached hydrogens (tertiary/aromatic N) is 2. The average molecular weight is 413 g/mol. The Bertz CT molecular complexity index is 842. The van der Waals surface area contributed by atoms with Gasteiger partial charge in [0, 0.05) is 20.0 Å². The number of nitrogens with two attached hydrogens (primary N) is 2. The number of carbonyl (C=O) groups is 2. The van der Waals surface area contributed by atoms with Gasteiger partial charge in [-0.1, -0.05) is 36.4 Å². The summed E-state index contributed by atoms with van der Waals surface area (Å²) in [5.74, 6) is 5.96.